The molecule has 0 aromatic heterocycles. The van der Waals surface area contributed by atoms with Crippen LogP contribution in [-0.2, 0) is 21.0 Å². The predicted molar refractivity (Wildman–Crippen MR) is 124 cm³/mol. The van der Waals surface area contributed by atoms with E-state index < -0.39 is 32.0 Å². The topological polar surface area (TPSA) is 75.3 Å². The molecule has 11 heteroatoms. The molecule has 0 saturated heterocycles. The first kappa shape index (κ1) is 24.9. The smallest absolute Gasteiger partial charge is 0.325 e. The van der Waals surface area contributed by atoms with Crippen molar-refractivity contribution in [2.24, 2.45) is 0 Å². The van der Waals surface area contributed by atoms with Crippen molar-refractivity contribution in [1.82, 2.24) is 0 Å². The van der Waals surface area contributed by atoms with E-state index in [9.17, 15) is 26.4 Å². The zero-order valence-corrected chi connectivity index (χ0v) is 19.4. The van der Waals surface area contributed by atoms with Gasteiger partial charge in [-0.25, -0.2) is 8.42 Å². The largest absolute Gasteiger partial charge is 0.417 e. The average molecular weight is 515 g/mol. The third-order valence-corrected chi connectivity index (χ3v) is 7.22. The molecule has 3 aromatic carbocycles. The van der Waals surface area contributed by atoms with E-state index in [4.69, 9.17) is 11.6 Å². The van der Waals surface area contributed by atoms with Gasteiger partial charge in [0.1, 0.15) is 0 Å². The van der Waals surface area contributed by atoms with Gasteiger partial charge in [-0.05, 0) is 61.5 Å². The number of nitrogens with one attached hydrogen (secondary N) is 2. The van der Waals surface area contributed by atoms with Gasteiger partial charge in [0.25, 0.3) is 10.0 Å². The SMILES string of the molecule is CC(Sc1ccccc1)C(=O)Nc1ccc(S(=O)(=O)Nc2ccc(Cl)c(C(F)(F)F)c2)cc1. The van der Waals surface area contributed by atoms with E-state index in [1.165, 1.54) is 36.0 Å². The lowest BCUT2D eigenvalue weighted by molar-refractivity contribution is -0.137. The number of benzene rings is 3. The molecule has 174 valence electrons. The van der Waals surface area contributed by atoms with Gasteiger partial charge < -0.3 is 5.32 Å². The second-order valence-electron chi connectivity index (χ2n) is 6.88. The maximum Gasteiger partial charge on any atom is 0.417 e. The molecular weight excluding hydrogens is 497 g/mol. The van der Waals surface area contributed by atoms with Crippen LogP contribution in [0, 0.1) is 0 Å². The summed E-state index contributed by atoms with van der Waals surface area (Å²) in [6.45, 7) is 1.75. The van der Waals surface area contributed by atoms with E-state index >= 15 is 0 Å². The summed E-state index contributed by atoms with van der Waals surface area (Å²) in [6, 6.07) is 17.4. The van der Waals surface area contributed by atoms with Gasteiger partial charge in [0.05, 0.1) is 20.7 Å². The Morgan fingerprint density at radius 2 is 1.58 bits per heavy atom. The third-order valence-electron chi connectivity index (χ3n) is 4.38. The first-order valence-electron chi connectivity index (χ1n) is 9.48. The molecule has 0 aliphatic rings. The Hall–Kier alpha value is -2.69. The molecule has 3 aromatic rings. The Labute approximate surface area is 198 Å². The minimum atomic E-state index is -4.73. The highest BCUT2D eigenvalue weighted by molar-refractivity contribution is 8.00. The molecular formula is C22H18ClF3N2O3S2. The summed E-state index contributed by atoms with van der Waals surface area (Å²) in [5, 5.41) is 1.77. The van der Waals surface area contributed by atoms with Crippen molar-refractivity contribution in [2.75, 3.05) is 10.0 Å². The zero-order chi connectivity index (χ0) is 24.2. The van der Waals surface area contributed by atoms with Crippen LogP contribution < -0.4 is 10.0 Å². The monoisotopic (exact) mass is 514 g/mol. The molecule has 0 fully saturated rings. The van der Waals surface area contributed by atoms with Crippen molar-refractivity contribution in [3.8, 4) is 0 Å². The number of amides is 1. The van der Waals surface area contributed by atoms with Gasteiger partial charge in [-0.3, -0.25) is 9.52 Å². The molecule has 0 saturated carbocycles. The van der Waals surface area contributed by atoms with Crippen LogP contribution in [0.4, 0.5) is 24.5 Å². The lowest BCUT2D eigenvalue weighted by atomic mass is 10.2. The van der Waals surface area contributed by atoms with Crippen molar-refractivity contribution in [1.29, 1.82) is 0 Å². The van der Waals surface area contributed by atoms with Crippen molar-refractivity contribution >= 4 is 50.7 Å². The number of halogens is 4. The van der Waals surface area contributed by atoms with Crippen LogP contribution in [-0.4, -0.2) is 19.6 Å². The summed E-state index contributed by atoms with van der Waals surface area (Å²) >= 11 is 6.94. The van der Waals surface area contributed by atoms with E-state index in [0.717, 1.165) is 17.0 Å². The summed E-state index contributed by atoms with van der Waals surface area (Å²) < 4.78 is 66.3. The van der Waals surface area contributed by atoms with E-state index in [2.05, 4.69) is 10.0 Å². The fourth-order valence-electron chi connectivity index (χ4n) is 2.74. The van der Waals surface area contributed by atoms with Gasteiger partial charge in [-0.15, -0.1) is 11.8 Å². The molecule has 1 amide bonds. The number of sulfonamides is 1. The van der Waals surface area contributed by atoms with Gasteiger partial charge >= 0.3 is 6.18 Å². The zero-order valence-electron chi connectivity index (χ0n) is 17.1. The lowest BCUT2D eigenvalue weighted by Gasteiger charge is -2.14. The number of hydrogen-bond acceptors (Lipinski definition) is 4. The number of carbonyl (C=O) groups is 1. The van der Waals surface area contributed by atoms with Gasteiger partial charge in [0.2, 0.25) is 5.91 Å². The van der Waals surface area contributed by atoms with Gasteiger partial charge in [0, 0.05) is 16.3 Å². The van der Waals surface area contributed by atoms with E-state index in [1.54, 1.807) is 6.92 Å². The molecule has 1 unspecified atom stereocenters. The van der Waals surface area contributed by atoms with E-state index in [1.807, 2.05) is 30.3 Å². The number of rotatable bonds is 7. The highest BCUT2D eigenvalue weighted by Gasteiger charge is 2.33. The summed E-state index contributed by atoms with van der Waals surface area (Å²) in [5.74, 6) is -0.265. The lowest BCUT2D eigenvalue weighted by Crippen LogP contribution is -2.22. The third kappa shape index (κ3) is 6.66. The minimum absolute atomic E-state index is 0.185. The van der Waals surface area contributed by atoms with Crippen LogP contribution in [0.3, 0.4) is 0 Å². The quantitative estimate of drug-likeness (QED) is 0.364. The highest BCUT2D eigenvalue weighted by atomic mass is 35.5. The van der Waals surface area contributed by atoms with Crippen LogP contribution in [0.15, 0.2) is 82.6 Å². The average Bonchev–Trinajstić information content (AvgIpc) is 2.75. The number of anilines is 2. The van der Waals surface area contributed by atoms with Gasteiger partial charge in [-0.2, -0.15) is 13.2 Å². The maximum absolute atomic E-state index is 13.0. The molecule has 0 aliphatic heterocycles. The number of alkyl halides is 3. The van der Waals surface area contributed by atoms with Crippen molar-refractivity contribution in [2.45, 2.75) is 28.1 Å². The van der Waals surface area contributed by atoms with Crippen LogP contribution in [0.2, 0.25) is 5.02 Å². The van der Waals surface area contributed by atoms with Crippen molar-refractivity contribution < 1.29 is 26.4 Å². The Balaban J connectivity index is 1.68. The Bertz CT molecular complexity index is 1240. The summed E-state index contributed by atoms with van der Waals surface area (Å²) in [7, 11) is -4.17. The molecule has 5 nitrogen and oxygen atoms in total. The highest BCUT2D eigenvalue weighted by Crippen LogP contribution is 2.36. The van der Waals surface area contributed by atoms with Gasteiger partial charge in [0.15, 0.2) is 0 Å². The molecule has 0 aliphatic carbocycles. The Morgan fingerprint density at radius 3 is 2.18 bits per heavy atom. The van der Waals surface area contributed by atoms with Crippen LogP contribution in [0.1, 0.15) is 12.5 Å². The summed E-state index contributed by atoms with van der Waals surface area (Å²) in [4.78, 5) is 13.2. The molecule has 1 atom stereocenters. The minimum Gasteiger partial charge on any atom is -0.325 e. The number of thioether (sulfide) groups is 1. The first-order valence-corrected chi connectivity index (χ1v) is 12.2. The normalized spacial score (nSPS) is 12.8. The second kappa shape index (κ2) is 10.1. The van der Waals surface area contributed by atoms with E-state index in [0.29, 0.717) is 11.8 Å². The fourth-order valence-corrected chi connectivity index (χ4v) is 4.90. The predicted octanol–water partition coefficient (Wildman–Crippen LogP) is 6.28. The van der Waals surface area contributed by atoms with E-state index in [-0.39, 0.29) is 16.5 Å². The van der Waals surface area contributed by atoms with Crippen molar-refractivity contribution in [3.63, 3.8) is 0 Å². The molecule has 0 bridgehead atoms. The molecule has 0 heterocycles. The Morgan fingerprint density at radius 1 is 0.970 bits per heavy atom. The van der Waals surface area contributed by atoms with Crippen LogP contribution >= 0.6 is 23.4 Å². The number of hydrogen-bond donors (Lipinski definition) is 2. The molecule has 0 spiro atoms. The van der Waals surface area contributed by atoms with Gasteiger partial charge in [-0.1, -0.05) is 29.8 Å². The van der Waals surface area contributed by atoms with Crippen LogP contribution in [0.5, 0.6) is 0 Å². The maximum atomic E-state index is 13.0. The van der Waals surface area contributed by atoms with Crippen molar-refractivity contribution in [3.05, 3.63) is 83.4 Å². The summed E-state index contributed by atoms with van der Waals surface area (Å²) in [6.07, 6.45) is -4.73. The Kier molecular flexibility index (Phi) is 7.61. The van der Waals surface area contributed by atoms with Crippen LogP contribution in [0.25, 0.3) is 0 Å². The summed E-state index contributed by atoms with van der Waals surface area (Å²) in [5.41, 5.74) is -1.05. The first-order chi connectivity index (χ1) is 15.5. The molecule has 33 heavy (non-hydrogen) atoms. The fraction of sp³-hybridized carbons (Fsp3) is 0.136. The second-order valence-corrected chi connectivity index (χ2v) is 10.4. The standard InChI is InChI=1S/C22H18ClF3N2O3S2/c1-14(32-17-5-3-2-4-6-17)21(29)27-15-7-10-18(11-8-15)33(30,31)28-16-9-12-20(23)19(13-16)22(24,25)26/h2-14,28H,1H3,(H,27,29). The molecule has 0 radical (unpaired) electrons. The number of carbonyl (C=O) groups excluding carboxylic acids is 1. The molecule has 3 rings (SSSR count). The molecule has 2 N–H and O–H groups in total.